The fourth-order valence-corrected chi connectivity index (χ4v) is 3.95. The first-order valence-electron chi connectivity index (χ1n) is 10.5. The van der Waals surface area contributed by atoms with Crippen LogP contribution in [0.1, 0.15) is 31.4 Å². The molecule has 0 N–H and O–H groups in total. The van der Waals surface area contributed by atoms with Crippen molar-refractivity contribution in [2.45, 2.75) is 38.9 Å². The highest BCUT2D eigenvalue weighted by Gasteiger charge is 2.26. The molecule has 4 aromatic rings. The molecule has 156 valence electrons. The van der Waals surface area contributed by atoms with Crippen LogP contribution in [0.2, 0.25) is 0 Å². The maximum atomic E-state index is 13.2. The molecule has 0 saturated heterocycles. The van der Waals surface area contributed by atoms with Crippen molar-refractivity contribution in [3.8, 4) is 22.6 Å². The van der Waals surface area contributed by atoms with Crippen LogP contribution in [0, 0.1) is 0 Å². The zero-order valence-electron chi connectivity index (χ0n) is 17.7. The third-order valence-electron chi connectivity index (χ3n) is 5.76. The molecule has 2 heterocycles. The molecule has 0 spiro atoms. The van der Waals surface area contributed by atoms with E-state index in [1.165, 1.54) is 11.8 Å². The van der Waals surface area contributed by atoms with Gasteiger partial charge in [-0.25, -0.2) is 0 Å². The van der Waals surface area contributed by atoms with E-state index in [0.717, 1.165) is 29.7 Å². The number of aryl methyl sites for hydroxylation is 1. The Labute approximate surface area is 181 Å². The first kappa shape index (κ1) is 19.4. The van der Waals surface area contributed by atoms with Crippen molar-refractivity contribution >= 4 is 11.0 Å². The lowest BCUT2D eigenvalue weighted by Crippen LogP contribution is -2.32. The molecule has 5 rings (SSSR count). The largest absolute Gasteiger partial charge is 0.489 e. The third kappa shape index (κ3) is 3.93. The van der Waals surface area contributed by atoms with Crippen molar-refractivity contribution in [3.63, 3.8) is 0 Å². The van der Waals surface area contributed by atoms with Gasteiger partial charge in [0.2, 0.25) is 0 Å². The SMILES string of the molecule is CC1(C)CCc2ccc(-c3coc4cc(OCc5ccccc5)ccc4c3=O)cc2O1. The maximum Gasteiger partial charge on any atom is 0.200 e. The van der Waals surface area contributed by atoms with Crippen LogP contribution in [0.15, 0.2) is 82.2 Å². The summed E-state index contributed by atoms with van der Waals surface area (Å²) >= 11 is 0. The molecule has 3 aromatic carbocycles. The normalized spacial score (nSPS) is 14.6. The summed E-state index contributed by atoms with van der Waals surface area (Å²) in [4.78, 5) is 13.2. The molecule has 0 aliphatic carbocycles. The van der Waals surface area contributed by atoms with E-state index in [9.17, 15) is 4.79 Å². The van der Waals surface area contributed by atoms with Gasteiger partial charge in [-0.05, 0) is 61.6 Å². The summed E-state index contributed by atoms with van der Waals surface area (Å²) in [6, 6.07) is 21.3. The van der Waals surface area contributed by atoms with Gasteiger partial charge in [-0.3, -0.25) is 4.79 Å². The number of benzene rings is 3. The van der Waals surface area contributed by atoms with Crippen LogP contribution in [-0.4, -0.2) is 5.60 Å². The lowest BCUT2D eigenvalue weighted by molar-refractivity contribution is 0.0848. The second-order valence-corrected chi connectivity index (χ2v) is 8.59. The molecule has 0 saturated carbocycles. The minimum atomic E-state index is -0.199. The molecule has 0 fully saturated rings. The Morgan fingerprint density at radius 2 is 1.84 bits per heavy atom. The number of fused-ring (bicyclic) bond motifs is 2. The minimum Gasteiger partial charge on any atom is -0.489 e. The maximum absolute atomic E-state index is 13.2. The van der Waals surface area contributed by atoms with Crippen LogP contribution in [0.25, 0.3) is 22.1 Å². The van der Waals surface area contributed by atoms with Gasteiger partial charge in [-0.2, -0.15) is 0 Å². The third-order valence-corrected chi connectivity index (χ3v) is 5.76. The molecule has 4 nitrogen and oxygen atoms in total. The van der Waals surface area contributed by atoms with Crippen LogP contribution < -0.4 is 14.9 Å². The first-order valence-corrected chi connectivity index (χ1v) is 10.5. The van der Waals surface area contributed by atoms with E-state index in [0.29, 0.717) is 28.9 Å². The van der Waals surface area contributed by atoms with E-state index in [1.54, 1.807) is 12.1 Å². The van der Waals surface area contributed by atoms with Crippen LogP contribution in [0.5, 0.6) is 11.5 Å². The molecule has 0 radical (unpaired) electrons. The quantitative estimate of drug-likeness (QED) is 0.404. The fraction of sp³-hybridized carbons (Fsp3) is 0.222. The van der Waals surface area contributed by atoms with Gasteiger partial charge in [0.25, 0.3) is 0 Å². The van der Waals surface area contributed by atoms with Gasteiger partial charge < -0.3 is 13.9 Å². The Balaban J connectivity index is 1.45. The van der Waals surface area contributed by atoms with Gasteiger partial charge in [0.15, 0.2) is 5.43 Å². The van der Waals surface area contributed by atoms with E-state index in [1.807, 2.05) is 54.6 Å². The van der Waals surface area contributed by atoms with E-state index >= 15 is 0 Å². The number of hydrogen-bond donors (Lipinski definition) is 0. The average molecular weight is 412 g/mol. The van der Waals surface area contributed by atoms with Gasteiger partial charge in [0, 0.05) is 6.07 Å². The summed E-state index contributed by atoms with van der Waals surface area (Å²) in [6.07, 6.45) is 3.48. The van der Waals surface area contributed by atoms with Crippen LogP contribution in [0.3, 0.4) is 0 Å². The van der Waals surface area contributed by atoms with Gasteiger partial charge in [-0.15, -0.1) is 0 Å². The van der Waals surface area contributed by atoms with Gasteiger partial charge in [-0.1, -0.05) is 42.5 Å². The molecule has 31 heavy (non-hydrogen) atoms. The Morgan fingerprint density at radius 3 is 2.68 bits per heavy atom. The molecule has 0 bridgehead atoms. The molecule has 1 aromatic heterocycles. The van der Waals surface area contributed by atoms with Crippen molar-refractivity contribution in [2.24, 2.45) is 0 Å². The molecule has 0 amide bonds. The van der Waals surface area contributed by atoms with Crippen molar-refractivity contribution in [1.82, 2.24) is 0 Å². The van der Waals surface area contributed by atoms with E-state index < -0.39 is 0 Å². The minimum absolute atomic E-state index is 0.0640. The Kier molecular flexibility index (Phi) is 4.78. The summed E-state index contributed by atoms with van der Waals surface area (Å²) in [7, 11) is 0. The van der Waals surface area contributed by atoms with E-state index in [4.69, 9.17) is 13.9 Å². The summed E-state index contributed by atoms with van der Waals surface area (Å²) in [6.45, 7) is 4.63. The van der Waals surface area contributed by atoms with Crippen molar-refractivity contribution in [1.29, 1.82) is 0 Å². The first-order chi connectivity index (χ1) is 15.0. The van der Waals surface area contributed by atoms with Crippen molar-refractivity contribution in [2.75, 3.05) is 0 Å². The predicted octanol–water partition coefficient (Wildman–Crippen LogP) is 6.14. The standard InChI is InChI=1S/C27H24O4/c1-27(2)13-12-19-8-9-20(14-24(19)31-27)23-17-30-25-15-21(10-11-22(25)26(23)28)29-16-18-6-4-3-5-7-18/h3-11,14-15,17H,12-13,16H2,1-2H3. The summed E-state index contributed by atoms with van der Waals surface area (Å²) in [5.74, 6) is 1.51. The van der Waals surface area contributed by atoms with Crippen LogP contribution in [-0.2, 0) is 13.0 Å². The number of ether oxygens (including phenoxy) is 2. The lowest BCUT2D eigenvalue weighted by atomic mass is 9.92. The molecule has 0 atom stereocenters. The highest BCUT2D eigenvalue weighted by Crippen LogP contribution is 2.36. The van der Waals surface area contributed by atoms with Gasteiger partial charge in [0.05, 0.1) is 10.9 Å². The summed E-state index contributed by atoms with van der Waals surface area (Å²) in [5.41, 5.74) is 3.83. The molecular weight excluding hydrogens is 388 g/mol. The zero-order valence-corrected chi connectivity index (χ0v) is 17.7. The highest BCUT2D eigenvalue weighted by molar-refractivity contribution is 5.83. The van der Waals surface area contributed by atoms with Gasteiger partial charge in [0.1, 0.15) is 35.6 Å². The monoisotopic (exact) mass is 412 g/mol. The Morgan fingerprint density at radius 1 is 1.00 bits per heavy atom. The smallest absolute Gasteiger partial charge is 0.200 e. The Bertz CT molecular complexity index is 1300. The van der Waals surface area contributed by atoms with Crippen molar-refractivity contribution < 1.29 is 13.9 Å². The molecule has 1 aliphatic heterocycles. The number of hydrogen-bond acceptors (Lipinski definition) is 4. The fourth-order valence-electron chi connectivity index (χ4n) is 3.95. The van der Waals surface area contributed by atoms with Crippen LogP contribution >= 0.6 is 0 Å². The van der Waals surface area contributed by atoms with Crippen LogP contribution in [0.4, 0.5) is 0 Å². The molecule has 0 unspecified atom stereocenters. The number of rotatable bonds is 4. The molecule has 4 heteroatoms. The van der Waals surface area contributed by atoms with Gasteiger partial charge >= 0.3 is 0 Å². The second-order valence-electron chi connectivity index (χ2n) is 8.59. The predicted molar refractivity (Wildman–Crippen MR) is 122 cm³/mol. The molecule has 1 aliphatic rings. The van der Waals surface area contributed by atoms with Crippen molar-refractivity contribution in [3.05, 3.63) is 94.3 Å². The Hall–Kier alpha value is -3.53. The summed E-state index contributed by atoms with van der Waals surface area (Å²) < 4.78 is 17.8. The highest BCUT2D eigenvalue weighted by atomic mass is 16.5. The topological polar surface area (TPSA) is 48.7 Å². The second kappa shape index (κ2) is 7.62. The van der Waals surface area contributed by atoms with E-state index in [2.05, 4.69) is 13.8 Å². The molecular formula is C27H24O4. The lowest BCUT2D eigenvalue weighted by Gasteiger charge is -2.32. The zero-order chi connectivity index (χ0) is 21.4. The average Bonchev–Trinajstić information content (AvgIpc) is 2.77. The summed E-state index contributed by atoms with van der Waals surface area (Å²) in [5, 5.41) is 0.531. The van der Waals surface area contributed by atoms with E-state index in [-0.39, 0.29) is 11.0 Å².